The molecule has 0 amide bonds. The Hall–Kier alpha value is -1.26. The fraction of sp³-hybridized carbons (Fsp3) is 0.538. The first-order valence-corrected chi connectivity index (χ1v) is 5.91. The summed E-state index contributed by atoms with van der Waals surface area (Å²) >= 11 is 0. The van der Waals surface area contributed by atoms with Crippen molar-refractivity contribution >= 4 is 11.4 Å². The van der Waals surface area contributed by atoms with Crippen molar-refractivity contribution in [1.29, 1.82) is 0 Å². The molecule has 0 radical (unpaired) electrons. The van der Waals surface area contributed by atoms with E-state index < -0.39 is 0 Å². The highest BCUT2D eigenvalue weighted by molar-refractivity contribution is 5.69. The number of para-hydroxylation sites is 1. The third-order valence-corrected chi connectivity index (χ3v) is 2.78. The second kappa shape index (κ2) is 7.14. The highest BCUT2D eigenvalue weighted by Crippen LogP contribution is 2.21. The monoisotopic (exact) mass is 237 g/mol. The molecule has 4 heteroatoms. The Bertz CT molecular complexity index is 321. The second-order valence-electron chi connectivity index (χ2n) is 4.26. The van der Waals surface area contributed by atoms with Crippen LogP contribution in [0.5, 0.6) is 0 Å². The van der Waals surface area contributed by atoms with E-state index >= 15 is 0 Å². The quantitative estimate of drug-likeness (QED) is 0.707. The molecular formula is C13H23N3O. The van der Waals surface area contributed by atoms with Crippen LogP contribution in [0.3, 0.4) is 0 Å². The Morgan fingerprint density at radius 2 is 2.12 bits per heavy atom. The van der Waals surface area contributed by atoms with Gasteiger partial charge in [-0.2, -0.15) is 0 Å². The highest BCUT2D eigenvalue weighted by atomic mass is 16.5. The molecule has 0 atom stereocenters. The first-order chi connectivity index (χ1) is 8.15. The molecule has 1 aromatic carbocycles. The minimum absolute atomic E-state index is 0.767. The summed E-state index contributed by atoms with van der Waals surface area (Å²) < 4.78 is 5.03. The van der Waals surface area contributed by atoms with Gasteiger partial charge in [0.05, 0.1) is 18.0 Å². The minimum Gasteiger partial charge on any atom is -0.397 e. The molecule has 0 bridgehead atoms. The zero-order valence-corrected chi connectivity index (χ0v) is 11.0. The van der Waals surface area contributed by atoms with E-state index in [1.807, 2.05) is 12.1 Å². The van der Waals surface area contributed by atoms with Gasteiger partial charge in [-0.3, -0.25) is 0 Å². The fourth-order valence-electron chi connectivity index (χ4n) is 1.66. The molecule has 1 aromatic rings. The molecule has 0 spiro atoms. The van der Waals surface area contributed by atoms with Crippen LogP contribution in [-0.2, 0) is 4.74 Å². The molecule has 4 nitrogen and oxygen atoms in total. The summed E-state index contributed by atoms with van der Waals surface area (Å²) in [4.78, 5) is 2.23. The van der Waals surface area contributed by atoms with Gasteiger partial charge in [-0.05, 0) is 25.6 Å². The molecule has 0 aliphatic rings. The van der Waals surface area contributed by atoms with Gasteiger partial charge in [0.25, 0.3) is 0 Å². The van der Waals surface area contributed by atoms with Gasteiger partial charge in [0.1, 0.15) is 0 Å². The van der Waals surface area contributed by atoms with Gasteiger partial charge in [-0.15, -0.1) is 0 Å². The summed E-state index contributed by atoms with van der Waals surface area (Å²) in [7, 11) is 3.81. The average Bonchev–Trinajstić information content (AvgIpc) is 2.30. The first-order valence-electron chi connectivity index (χ1n) is 5.91. The van der Waals surface area contributed by atoms with Crippen molar-refractivity contribution in [1.82, 2.24) is 4.90 Å². The molecule has 0 fully saturated rings. The van der Waals surface area contributed by atoms with Gasteiger partial charge in [-0.1, -0.05) is 12.1 Å². The summed E-state index contributed by atoms with van der Waals surface area (Å²) in [6.45, 7) is 5.63. The zero-order chi connectivity index (χ0) is 12.7. The van der Waals surface area contributed by atoms with E-state index in [-0.39, 0.29) is 0 Å². The standard InChI is InChI=1S/C13H23N3O/c1-11-5-4-6-12(14)13(11)15-7-8-16(2)9-10-17-3/h4-6,15H,7-10,14H2,1-3H3. The van der Waals surface area contributed by atoms with Crippen LogP contribution in [-0.4, -0.2) is 45.3 Å². The van der Waals surface area contributed by atoms with Crippen LogP contribution in [0.1, 0.15) is 5.56 Å². The third-order valence-electron chi connectivity index (χ3n) is 2.78. The van der Waals surface area contributed by atoms with Crippen LogP contribution in [0.15, 0.2) is 18.2 Å². The van der Waals surface area contributed by atoms with E-state index in [2.05, 4.69) is 30.3 Å². The highest BCUT2D eigenvalue weighted by Gasteiger charge is 2.02. The molecule has 0 saturated heterocycles. The van der Waals surface area contributed by atoms with Gasteiger partial charge >= 0.3 is 0 Å². The van der Waals surface area contributed by atoms with Crippen LogP contribution in [0, 0.1) is 6.92 Å². The van der Waals surface area contributed by atoms with Crippen LogP contribution in [0.4, 0.5) is 11.4 Å². The lowest BCUT2D eigenvalue weighted by Gasteiger charge is -2.18. The molecule has 0 aromatic heterocycles. The molecular weight excluding hydrogens is 214 g/mol. The molecule has 0 saturated carbocycles. The van der Waals surface area contributed by atoms with Crippen molar-refractivity contribution in [3.05, 3.63) is 23.8 Å². The van der Waals surface area contributed by atoms with Gasteiger partial charge in [0, 0.05) is 26.7 Å². The Balaban J connectivity index is 2.35. The summed E-state index contributed by atoms with van der Waals surface area (Å²) in [6, 6.07) is 5.96. The number of hydrogen-bond acceptors (Lipinski definition) is 4. The van der Waals surface area contributed by atoms with Gasteiger partial charge in [0.2, 0.25) is 0 Å². The number of hydrogen-bond donors (Lipinski definition) is 2. The lowest BCUT2D eigenvalue weighted by molar-refractivity contribution is 0.163. The smallest absolute Gasteiger partial charge is 0.0604 e. The van der Waals surface area contributed by atoms with Crippen molar-refractivity contribution in [3.63, 3.8) is 0 Å². The van der Waals surface area contributed by atoms with Gasteiger partial charge in [0.15, 0.2) is 0 Å². The van der Waals surface area contributed by atoms with E-state index in [4.69, 9.17) is 10.5 Å². The average molecular weight is 237 g/mol. The molecule has 3 N–H and O–H groups in total. The maximum absolute atomic E-state index is 5.92. The lowest BCUT2D eigenvalue weighted by atomic mass is 10.1. The fourth-order valence-corrected chi connectivity index (χ4v) is 1.66. The van der Waals surface area contributed by atoms with E-state index in [0.29, 0.717) is 0 Å². The molecule has 0 heterocycles. The maximum Gasteiger partial charge on any atom is 0.0604 e. The maximum atomic E-state index is 5.92. The van der Waals surface area contributed by atoms with Gasteiger partial charge < -0.3 is 20.7 Å². The van der Waals surface area contributed by atoms with Crippen molar-refractivity contribution < 1.29 is 4.74 Å². The first kappa shape index (κ1) is 13.8. The molecule has 96 valence electrons. The zero-order valence-electron chi connectivity index (χ0n) is 11.0. The number of nitrogens with zero attached hydrogens (tertiary/aromatic N) is 1. The van der Waals surface area contributed by atoms with E-state index in [1.54, 1.807) is 7.11 Å². The number of aryl methyl sites for hydroxylation is 1. The van der Waals surface area contributed by atoms with E-state index in [1.165, 1.54) is 5.56 Å². The number of anilines is 2. The second-order valence-corrected chi connectivity index (χ2v) is 4.26. The Morgan fingerprint density at radius 1 is 1.35 bits per heavy atom. The van der Waals surface area contributed by atoms with Crippen LogP contribution in [0.2, 0.25) is 0 Å². The Kier molecular flexibility index (Phi) is 5.80. The SMILES string of the molecule is COCCN(C)CCNc1c(C)cccc1N. The number of nitrogen functional groups attached to an aromatic ring is 1. The van der Waals surface area contributed by atoms with Crippen molar-refractivity contribution in [3.8, 4) is 0 Å². The van der Waals surface area contributed by atoms with Crippen molar-refractivity contribution in [2.24, 2.45) is 0 Å². The van der Waals surface area contributed by atoms with Crippen LogP contribution >= 0.6 is 0 Å². The molecule has 0 aliphatic heterocycles. The van der Waals surface area contributed by atoms with Crippen molar-refractivity contribution in [2.45, 2.75) is 6.92 Å². The predicted octanol–water partition coefficient (Wildman–Crippen LogP) is 1.57. The number of methoxy groups -OCH3 is 1. The van der Waals surface area contributed by atoms with Crippen LogP contribution < -0.4 is 11.1 Å². The third kappa shape index (κ3) is 4.63. The van der Waals surface area contributed by atoms with E-state index in [9.17, 15) is 0 Å². The van der Waals surface area contributed by atoms with Crippen LogP contribution in [0.25, 0.3) is 0 Å². The molecule has 0 unspecified atom stereocenters. The minimum atomic E-state index is 0.767. The Morgan fingerprint density at radius 3 is 2.76 bits per heavy atom. The normalized spacial score (nSPS) is 10.8. The number of likely N-dealkylation sites (N-methyl/N-ethyl adjacent to an activating group) is 1. The molecule has 0 aliphatic carbocycles. The lowest BCUT2D eigenvalue weighted by Crippen LogP contribution is -2.28. The topological polar surface area (TPSA) is 50.5 Å². The number of ether oxygens (including phenoxy) is 1. The van der Waals surface area contributed by atoms with Crippen molar-refractivity contribution in [2.75, 3.05) is 51.4 Å². The summed E-state index contributed by atoms with van der Waals surface area (Å²) in [5.74, 6) is 0. The number of benzene rings is 1. The number of rotatable bonds is 7. The predicted molar refractivity (Wildman–Crippen MR) is 73.5 cm³/mol. The molecule has 1 rings (SSSR count). The summed E-state index contributed by atoms with van der Waals surface area (Å²) in [5, 5.41) is 3.38. The summed E-state index contributed by atoms with van der Waals surface area (Å²) in [5.41, 5.74) is 8.97. The number of nitrogens with one attached hydrogen (secondary N) is 1. The van der Waals surface area contributed by atoms with Gasteiger partial charge in [-0.25, -0.2) is 0 Å². The van der Waals surface area contributed by atoms with E-state index in [0.717, 1.165) is 37.6 Å². The number of nitrogens with two attached hydrogens (primary N) is 1. The Labute approximate surface area is 104 Å². The summed E-state index contributed by atoms with van der Waals surface area (Å²) in [6.07, 6.45) is 0. The largest absolute Gasteiger partial charge is 0.397 e. The molecule has 17 heavy (non-hydrogen) atoms.